The summed E-state index contributed by atoms with van der Waals surface area (Å²) < 4.78 is 0. The summed E-state index contributed by atoms with van der Waals surface area (Å²) in [6.07, 6.45) is 4.01. The molecule has 2 N–H and O–H groups in total. The van der Waals surface area contributed by atoms with Gasteiger partial charge in [-0.3, -0.25) is 0 Å². The van der Waals surface area contributed by atoms with Gasteiger partial charge in [0.1, 0.15) is 0 Å². The van der Waals surface area contributed by atoms with Crippen LogP contribution in [0.25, 0.3) is 6.08 Å². The van der Waals surface area contributed by atoms with Gasteiger partial charge in [-0.15, -0.1) is 0 Å². The van der Waals surface area contributed by atoms with Crippen LogP contribution in [0.1, 0.15) is 49.1 Å². The molecule has 1 unspecified atom stereocenters. The van der Waals surface area contributed by atoms with Crippen LogP contribution in [0.4, 0.5) is 0 Å². The number of benzene rings is 1. The lowest BCUT2D eigenvalue weighted by Gasteiger charge is -2.18. The van der Waals surface area contributed by atoms with Gasteiger partial charge in [-0.05, 0) is 42.0 Å². The minimum atomic E-state index is 0.0828. The highest BCUT2D eigenvalue weighted by atomic mass is 14.6. The summed E-state index contributed by atoms with van der Waals surface area (Å²) in [6.45, 7) is 10.3. The summed E-state index contributed by atoms with van der Waals surface area (Å²) in [4.78, 5) is 0. The van der Waals surface area contributed by atoms with Crippen LogP contribution < -0.4 is 5.73 Å². The van der Waals surface area contributed by atoms with E-state index in [1.165, 1.54) is 22.3 Å². The predicted molar refractivity (Wildman–Crippen MR) is 67.9 cm³/mol. The lowest BCUT2D eigenvalue weighted by molar-refractivity contribution is 0.792. The fourth-order valence-corrected chi connectivity index (χ4v) is 2.19. The summed E-state index contributed by atoms with van der Waals surface area (Å²) in [6, 6.07) is 4.41. The van der Waals surface area contributed by atoms with Crippen LogP contribution in [-0.4, -0.2) is 0 Å². The topological polar surface area (TPSA) is 26.0 Å². The molecule has 1 aromatic carbocycles. The first-order valence-corrected chi connectivity index (χ1v) is 5.68. The molecule has 0 radical (unpaired) electrons. The highest BCUT2D eigenvalue weighted by Gasteiger charge is 2.12. The minimum absolute atomic E-state index is 0.0828. The molecule has 1 rings (SSSR count). The summed E-state index contributed by atoms with van der Waals surface area (Å²) in [5.74, 6) is 0. The second-order valence-corrected chi connectivity index (χ2v) is 3.91. The van der Waals surface area contributed by atoms with Gasteiger partial charge in [0.05, 0.1) is 0 Å². The molecule has 0 aliphatic rings. The van der Waals surface area contributed by atoms with Crippen molar-refractivity contribution in [3.8, 4) is 0 Å². The highest BCUT2D eigenvalue weighted by Crippen LogP contribution is 2.26. The summed E-state index contributed by atoms with van der Waals surface area (Å²) in [7, 11) is 0. The van der Waals surface area contributed by atoms with Gasteiger partial charge < -0.3 is 5.73 Å². The molecular weight excluding hydrogens is 182 g/mol. The lowest BCUT2D eigenvalue weighted by atomic mass is 9.89. The number of rotatable bonds is 4. The van der Waals surface area contributed by atoms with E-state index in [0.29, 0.717) is 0 Å². The maximum atomic E-state index is 6.04. The van der Waals surface area contributed by atoms with Crippen molar-refractivity contribution in [1.29, 1.82) is 0 Å². The van der Waals surface area contributed by atoms with E-state index in [0.717, 1.165) is 12.8 Å². The van der Waals surface area contributed by atoms with Gasteiger partial charge in [0.2, 0.25) is 0 Å². The summed E-state index contributed by atoms with van der Waals surface area (Å²) >= 11 is 0. The maximum Gasteiger partial charge on any atom is 0.0274 e. The number of aryl methyl sites for hydroxylation is 1. The van der Waals surface area contributed by atoms with Gasteiger partial charge in [-0.25, -0.2) is 0 Å². The van der Waals surface area contributed by atoms with Gasteiger partial charge in [0.15, 0.2) is 0 Å². The zero-order valence-corrected chi connectivity index (χ0v) is 10.0. The first-order valence-electron chi connectivity index (χ1n) is 5.68. The normalized spacial score (nSPS) is 12.5. The van der Waals surface area contributed by atoms with E-state index in [4.69, 9.17) is 5.73 Å². The van der Waals surface area contributed by atoms with E-state index in [1.807, 2.05) is 13.0 Å². The van der Waals surface area contributed by atoms with Crippen molar-refractivity contribution in [1.82, 2.24) is 0 Å². The van der Waals surface area contributed by atoms with Crippen molar-refractivity contribution in [2.24, 2.45) is 5.73 Å². The van der Waals surface area contributed by atoms with Crippen molar-refractivity contribution in [3.63, 3.8) is 0 Å². The minimum Gasteiger partial charge on any atom is -0.324 e. The van der Waals surface area contributed by atoms with Crippen molar-refractivity contribution < 1.29 is 0 Å². The van der Waals surface area contributed by atoms with Gasteiger partial charge in [0.25, 0.3) is 0 Å². The Morgan fingerprint density at radius 3 is 2.40 bits per heavy atom. The molecule has 0 aliphatic carbocycles. The SMILES string of the molecule is C=Cc1ccc(CC)c(CC)c1C(C)N. The number of hydrogen-bond donors (Lipinski definition) is 1. The zero-order valence-electron chi connectivity index (χ0n) is 10.0. The molecule has 0 amide bonds. The quantitative estimate of drug-likeness (QED) is 0.796. The molecule has 1 heteroatoms. The molecule has 1 atom stereocenters. The van der Waals surface area contributed by atoms with Crippen LogP contribution in [-0.2, 0) is 12.8 Å². The second-order valence-electron chi connectivity index (χ2n) is 3.91. The second kappa shape index (κ2) is 5.13. The third-order valence-corrected chi connectivity index (χ3v) is 2.90. The largest absolute Gasteiger partial charge is 0.324 e. The standard InChI is InChI=1S/C14H21N/c1-5-11-8-9-12(6-2)14(10(4)15)13(11)7-3/h6,8-10H,2,5,7,15H2,1,3-4H3. The monoisotopic (exact) mass is 203 g/mol. The molecule has 0 spiro atoms. The van der Waals surface area contributed by atoms with Crippen molar-refractivity contribution in [2.75, 3.05) is 0 Å². The molecule has 0 fully saturated rings. The van der Waals surface area contributed by atoms with Gasteiger partial charge >= 0.3 is 0 Å². The molecule has 15 heavy (non-hydrogen) atoms. The Hall–Kier alpha value is -1.08. The Morgan fingerprint density at radius 2 is 2.00 bits per heavy atom. The van der Waals surface area contributed by atoms with Crippen molar-refractivity contribution in [3.05, 3.63) is 41.0 Å². The lowest BCUT2D eigenvalue weighted by Crippen LogP contribution is -2.12. The summed E-state index contributed by atoms with van der Waals surface area (Å²) in [5.41, 5.74) is 11.3. The maximum absolute atomic E-state index is 6.04. The average molecular weight is 203 g/mol. The van der Waals surface area contributed by atoms with E-state index in [-0.39, 0.29) is 6.04 Å². The molecule has 0 saturated heterocycles. The van der Waals surface area contributed by atoms with Crippen LogP contribution in [0.5, 0.6) is 0 Å². The molecule has 1 nitrogen and oxygen atoms in total. The Bertz CT molecular complexity index is 351. The summed E-state index contributed by atoms with van der Waals surface area (Å²) in [5, 5.41) is 0. The first kappa shape index (κ1) is 12.0. The van der Waals surface area contributed by atoms with E-state index in [9.17, 15) is 0 Å². The number of nitrogens with two attached hydrogens (primary N) is 1. The third kappa shape index (κ3) is 2.29. The fraction of sp³-hybridized carbons (Fsp3) is 0.429. The smallest absolute Gasteiger partial charge is 0.0274 e. The molecular formula is C14H21N. The Morgan fingerprint density at radius 1 is 1.33 bits per heavy atom. The average Bonchev–Trinajstić information content (AvgIpc) is 2.26. The Kier molecular flexibility index (Phi) is 4.10. The molecule has 0 bridgehead atoms. The molecule has 0 heterocycles. The van der Waals surface area contributed by atoms with Crippen LogP contribution in [0.15, 0.2) is 18.7 Å². The Balaban J connectivity index is 3.44. The van der Waals surface area contributed by atoms with E-state index < -0.39 is 0 Å². The van der Waals surface area contributed by atoms with E-state index >= 15 is 0 Å². The molecule has 0 saturated carbocycles. The van der Waals surface area contributed by atoms with Gasteiger partial charge in [-0.2, -0.15) is 0 Å². The Labute approximate surface area is 93.0 Å². The van der Waals surface area contributed by atoms with Crippen LogP contribution in [0, 0.1) is 0 Å². The first-order chi connectivity index (χ1) is 7.15. The van der Waals surface area contributed by atoms with Crippen LogP contribution >= 0.6 is 0 Å². The van der Waals surface area contributed by atoms with Crippen molar-refractivity contribution >= 4 is 6.08 Å². The van der Waals surface area contributed by atoms with Crippen LogP contribution in [0.3, 0.4) is 0 Å². The van der Waals surface area contributed by atoms with Crippen molar-refractivity contribution in [2.45, 2.75) is 39.7 Å². The fourth-order valence-electron chi connectivity index (χ4n) is 2.19. The molecule has 1 aromatic rings. The number of hydrogen-bond acceptors (Lipinski definition) is 1. The van der Waals surface area contributed by atoms with Gasteiger partial charge in [-0.1, -0.05) is 38.6 Å². The molecule has 0 aromatic heterocycles. The zero-order chi connectivity index (χ0) is 11.4. The van der Waals surface area contributed by atoms with E-state index in [2.05, 4.69) is 32.6 Å². The van der Waals surface area contributed by atoms with E-state index in [1.54, 1.807) is 0 Å². The van der Waals surface area contributed by atoms with Crippen LogP contribution in [0.2, 0.25) is 0 Å². The molecule has 0 aliphatic heterocycles. The van der Waals surface area contributed by atoms with Gasteiger partial charge in [0, 0.05) is 6.04 Å². The molecule has 82 valence electrons. The predicted octanol–water partition coefficient (Wildman–Crippen LogP) is 3.47. The highest BCUT2D eigenvalue weighted by molar-refractivity contribution is 5.57. The third-order valence-electron chi connectivity index (χ3n) is 2.90.